The van der Waals surface area contributed by atoms with Crippen LogP contribution in [-0.2, 0) is 9.53 Å². The van der Waals surface area contributed by atoms with Gasteiger partial charge in [-0.05, 0) is 51.4 Å². The fraction of sp³-hybridized carbons (Fsp3) is 0.882. The van der Waals surface area contributed by atoms with Crippen molar-refractivity contribution in [1.82, 2.24) is 15.5 Å². The van der Waals surface area contributed by atoms with Crippen molar-refractivity contribution in [3.63, 3.8) is 0 Å². The molecule has 130 valence electrons. The van der Waals surface area contributed by atoms with Gasteiger partial charge in [-0.3, -0.25) is 4.79 Å². The van der Waals surface area contributed by atoms with Crippen LogP contribution < -0.4 is 10.6 Å². The number of amides is 3. The molecule has 0 bridgehead atoms. The van der Waals surface area contributed by atoms with Crippen LogP contribution in [0.2, 0.25) is 0 Å². The molecule has 0 aromatic carbocycles. The van der Waals surface area contributed by atoms with Gasteiger partial charge in [0.25, 0.3) is 0 Å². The Bertz CT molecular complexity index is 437. The van der Waals surface area contributed by atoms with Crippen LogP contribution in [0.3, 0.4) is 0 Å². The van der Waals surface area contributed by atoms with E-state index in [0.717, 1.165) is 64.5 Å². The first kappa shape index (κ1) is 16.6. The lowest BCUT2D eigenvalue weighted by atomic mass is 10.1. The fourth-order valence-corrected chi connectivity index (χ4v) is 4.23. The van der Waals surface area contributed by atoms with Crippen LogP contribution in [0.1, 0.15) is 51.4 Å². The molecule has 0 spiro atoms. The van der Waals surface area contributed by atoms with E-state index in [1.54, 1.807) is 7.11 Å². The highest BCUT2D eigenvalue weighted by Gasteiger charge is 2.34. The lowest BCUT2D eigenvalue weighted by Crippen LogP contribution is -2.45. The number of urea groups is 1. The SMILES string of the molecule is CO[C@H]1CC[C@@H](NC(=O)N[C@H]2CC[C@@H](C(=O)N3CCCC3)C2)C1. The van der Waals surface area contributed by atoms with Crippen LogP contribution in [0.25, 0.3) is 0 Å². The van der Waals surface area contributed by atoms with Gasteiger partial charge in [-0.2, -0.15) is 0 Å². The number of rotatable bonds is 4. The molecule has 0 aromatic rings. The number of hydrogen-bond acceptors (Lipinski definition) is 3. The van der Waals surface area contributed by atoms with Crippen molar-refractivity contribution in [3.8, 4) is 0 Å². The van der Waals surface area contributed by atoms with E-state index in [4.69, 9.17) is 4.74 Å². The minimum absolute atomic E-state index is 0.0916. The van der Waals surface area contributed by atoms with Gasteiger partial charge in [0.2, 0.25) is 5.91 Å². The number of methoxy groups -OCH3 is 1. The van der Waals surface area contributed by atoms with E-state index >= 15 is 0 Å². The molecule has 3 rings (SSSR count). The highest BCUT2D eigenvalue weighted by molar-refractivity contribution is 5.80. The van der Waals surface area contributed by atoms with Gasteiger partial charge in [-0.15, -0.1) is 0 Å². The van der Waals surface area contributed by atoms with Gasteiger partial charge in [-0.25, -0.2) is 4.79 Å². The smallest absolute Gasteiger partial charge is 0.315 e. The molecule has 6 nitrogen and oxygen atoms in total. The Morgan fingerprint density at radius 2 is 1.61 bits per heavy atom. The summed E-state index contributed by atoms with van der Waals surface area (Å²) in [4.78, 5) is 26.5. The number of carbonyl (C=O) groups is 2. The molecule has 6 heteroatoms. The Morgan fingerprint density at radius 3 is 2.26 bits per heavy atom. The van der Waals surface area contributed by atoms with E-state index in [1.165, 1.54) is 0 Å². The highest BCUT2D eigenvalue weighted by atomic mass is 16.5. The van der Waals surface area contributed by atoms with Crippen LogP contribution >= 0.6 is 0 Å². The second kappa shape index (κ2) is 7.51. The summed E-state index contributed by atoms with van der Waals surface area (Å²) in [7, 11) is 1.73. The molecular formula is C17H29N3O3. The molecular weight excluding hydrogens is 294 g/mol. The third-order valence-corrected chi connectivity index (χ3v) is 5.59. The maximum atomic E-state index is 12.4. The molecule has 2 aliphatic carbocycles. The minimum atomic E-state index is -0.0916. The van der Waals surface area contributed by atoms with E-state index < -0.39 is 0 Å². The summed E-state index contributed by atoms with van der Waals surface area (Å²) in [6, 6.07) is 0.251. The fourth-order valence-electron chi connectivity index (χ4n) is 4.23. The van der Waals surface area contributed by atoms with Crippen LogP contribution in [0.15, 0.2) is 0 Å². The van der Waals surface area contributed by atoms with Crippen molar-refractivity contribution in [2.75, 3.05) is 20.2 Å². The number of carbonyl (C=O) groups excluding carboxylic acids is 2. The van der Waals surface area contributed by atoms with Crippen molar-refractivity contribution >= 4 is 11.9 Å². The lowest BCUT2D eigenvalue weighted by Gasteiger charge is -2.20. The second-order valence-electron chi connectivity index (χ2n) is 7.22. The topological polar surface area (TPSA) is 70.7 Å². The third kappa shape index (κ3) is 4.16. The van der Waals surface area contributed by atoms with Gasteiger partial charge in [0.1, 0.15) is 0 Å². The van der Waals surface area contributed by atoms with E-state index in [1.807, 2.05) is 4.90 Å². The van der Waals surface area contributed by atoms with Crippen molar-refractivity contribution in [2.45, 2.75) is 69.6 Å². The van der Waals surface area contributed by atoms with E-state index in [2.05, 4.69) is 10.6 Å². The molecule has 3 aliphatic rings. The van der Waals surface area contributed by atoms with Crippen molar-refractivity contribution < 1.29 is 14.3 Å². The number of ether oxygens (including phenoxy) is 1. The molecule has 0 radical (unpaired) electrons. The first-order chi connectivity index (χ1) is 11.2. The molecule has 2 N–H and O–H groups in total. The lowest BCUT2D eigenvalue weighted by molar-refractivity contribution is -0.134. The zero-order chi connectivity index (χ0) is 16.2. The molecule has 1 aliphatic heterocycles. The maximum Gasteiger partial charge on any atom is 0.315 e. The van der Waals surface area contributed by atoms with Gasteiger partial charge in [0.05, 0.1) is 6.10 Å². The molecule has 1 saturated heterocycles. The Morgan fingerprint density at radius 1 is 0.957 bits per heavy atom. The van der Waals surface area contributed by atoms with Crippen LogP contribution in [0.5, 0.6) is 0 Å². The molecule has 3 amide bonds. The first-order valence-electron chi connectivity index (χ1n) is 9.04. The number of likely N-dealkylation sites (tertiary alicyclic amines) is 1. The number of hydrogen-bond donors (Lipinski definition) is 2. The number of nitrogens with zero attached hydrogens (tertiary/aromatic N) is 1. The Kier molecular flexibility index (Phi) is 5.41. The van der Waals surface area contributed by atoms with Crippen molar-refractivity contribution in [1.29, 1.82) is 0 Å². The van der Waals surface area contributed by atoms with Gasteiger partial charge in [-0.1, -0.05) is 0 Å². The summed E-state index contributed by atoms with van der Waals surface area (Å²) in [5.74, 6) is 0.397. The molecule has 3 fully saturated rings. The zero-order valence-corrected chi connectivity index (χ0v) is 14.1. The molecule has 23 heavy (non-hydrogen) atoms. The van der Waals surface area contributed by atoms with Crippen LogP contribution in [-0.4, -0.2) is 55.2 Å². The first-order valence-corrected chi connectivity index (χ1v) is 9.04. The standard InChI is InChI=1S/C17H29N3O3/c1-23-15-7-6-14(11-15)19-17(22)18-13-5-4-12(10-13)16(21)20-8-2-3-9-20/h12-15H,2-11H2,1H3,(H2,18,19,22)/t12-,13+,14-,15+/m1/s1. The summed E-state index contributed by atoms with van der Waals surface area (Å²) in [5.41, 5.74) is 0. The van der Waals surface area contributed by atoms with E-state index in [0.29, 0.717) is 5.91 Å². The molecule has 2 saturated carbocycles. The van der Waals surface area contributed by atoms with Crippen LogP contribution in [0, 0.1) is 5.92 Å². The van der Waals surface area contributed by atoms with Gasteiger partial charge in [0, 0.05) is 38.2 Å². The quantitative estimate of drug-likeness (QED) is 0.826. The summed E-state index contributed by atoms with van der Waals surface area (Å²) in [6.07, 6.45) is 8.01. The predicted molar refractivity (Wildman–Crippen MR) is 87.0 cm³/mol. The molecule has 0 unspecified atom stereocenters. The summed E-state index contributed by atoms with van der Waals surface area (Å²) < 4.78 is 5.33. The van der Waals surface area contributed by atoms with Gasteiger partial charge >= 0.3 is 6.03 Å². The van der Waals surface area contributed by atoms with E-state index in [-0.39, 0.29) is 30.1 Å². The Hall–Kier alpha value is -1.30. The third-order valence-electron chi connectivity index (χ3n) is 5.59. The van der Waals surface area contributed by atoms with E-state index in [9.17, 15) is 9.59 Å². The van der Waals surface area contributed by atoms with Gasteiger partial charge in [0.15, 0.2) is 0 Å². The molecule has 1 heterocycles. The maximum absolute atomic E-state index is 12.4. The molecule has 0 aromatic heterocycles. The zero-order valence-electron chi connectivity index (χ0n) is 14.1. The summed E-state index contributed by atoms with van der Waals surface area (Å²) in [6.45, 7) is 1.83. The normalized spacial score (nSPS) is 33.9. The monoisotopic (exact) mass is 323 g/mol. The summed E-state index contributed by atoms with van der Waals surface area (Å²) in [5, 5.41) is 6.10. The Labute approximate surface area is 138 Å². The predicted octanol–water partition coefficient (Wildman–Crippen LogP) is 1.64. The average Bonchev–Trinajstić information content (AvgIpc) is 3.28. The van der Waals surface area contributed by atoms with Crippen LogP contribution in [0.4, 0.5) is 4.79 Å². The van der Waals surface area contributed by atoms with Gasteiger partial charge < -0.3 is 20.3 Å². The van der Waals surface area contributed by atoms with Crippen molar-refractivity contribution in [2.24, 2.45) is 5.92 Å². The average molecular weight is 323 g/mol. The summed E-state index contributed by atoms with van der Waals surface area (Å²) >= 11 is 0. The minimum Gasteiger partial charge on any atom is -0.381 e. The largest absolute Gasteiger partial charge is 0.381 e. The Balaban J connectivity index is 1.39. The molecule has 4 atom stereocenters. The number of nitrogens with one attached hydrogen (secondary N) is 2. The van der Waals surface area contributed by atoms with Crippen molar-refractivity contribution in [3.05, 3.63) is 0 Å². The highest BCUT2D eigenvalue weighted by Crippen LogP contribution is 2.28. The second-order valence-corrected chi connectivity index (χ2v) is 7.22.